The zero-order valence-electron chi connectivity index (χ0n) is 18.6. The van der Waals surface area contributed by atoms with Gasteiger partial charge in [0.15, 0.2) is 0 Å². The number of carbonyl (C=O) groups is 3. The number of nitrogens with two attached hydrogens (primary N) is 1. The molecule has 5 N–H and O–H groups in total. The topological polar surface area (TPSA) is 145 Å². The molecule has 0 spiro atoms. The molecular weight excluding hydrogens is 416 g/mol. The van der Waals surface area contributed by atoms with Crippen LogP contribution in [0.2, 0.25) is 0 Å². The molecule has 0 aromatic carbocycles. The van der Waals surface area contributed by atoms with Gasteiger partial charge in [-0.25, -0.2) is 4.79 Å². The number of allylic oxidation sites excluding steroid dienone is 2. The van der Waals surface area contributed by atoms with Crippen LogP contribution in [0.1, 0.15) is 70.8 Å². The maximum atomic E-state index is 13.7. The number of primary amides is 1. The Labute approximate surface area is 186 Å². The first-order valence-electron chi connectivity index (χ1n) is 10.9. The van der Waals surface area contributed by atoms with Gasteiger partial charge in [-0.15, -0.1) is 0 Å². The minimum Gasteiger partial charge on any atom is -0.445 e. The van der Waals surface area contributed by atoms with Crippen LogP contribution in [0, 0.1) is 0 Å². The Morgan fingerprint density at radius 1 is 1.22 bits per heavy atom. The summed E-state index contributed by atoms with van der Waals surface area (Å²) in [6, 6.07) is -0.413. The first-order chi connectivity index (χ1) is 15.3. The molecule has 4 rings (SSSR count). The lowest BCUT2D eigenvalue weighted by atomic mass is 9.87. The van der Waals surface area contributed by atoms with Crippen LogP contribution in [-0.2, 0) is 22.6 Å². The predicted molar refractivity (Wildman–Crippen MR) is 114 cm³/mol. The van der Waals surface area contributed by atoms with Gasteiger partial charge in [0.25, 0.3) is 0 Å². The number of ether oxygens (including phenoxy) is 2. The van der Waals surface area contributed by atoms with Crippen molar-refractivity contribution in [3.8, 4) is 0 Å². The molecule has 1 fully saturated rings. The number of carbonyl (C=O) groups excluding carboxylic acids is 3. The van der Waals surface area contributed by atoms with E-state index in [2.05, 4.69) is 10.6 Å². The number of methoxy groups -OCH3 is 1. The van der Waals surface area contributed by atoms with Crippen molar-refractivity contribution in [2.24, 2.45) is 5.73 Å². The van der Waals surface area contributed by atoms with Gasteiger partial charge in [-0.05, 0) is 26.8 Å². The van der Waals surface area contributed by atoms with Gasteiger partial charge in [0.05, 0.1) is 35.1 Å². The van der Waals surface area contributed by atoms with E-state index in [9.17, 15) is 19.5 Å². The molecule has 2 heterocycles. The summed E-state index contributed by atoms with van der Waals surface area (Å²) in [6.07, 6.45) is 1.24. The SMILES string of the molecule is CN[C@H]1Cn2c3c(c(COC(N)=O)c2[C@@H]1OC)C(=O)C(N[C@H]1CCCC[C@@H]1O)=C(C)C3=O. The third-order valence-corrected chi connectivity index (χ3v) is 6.85. The summed E-state index contributed by atoms with van der Waals surface area (Å²) in [4.78, 5) is 38.5. The average molecular weight is 447 g/mol. The summed E-state index contributed by atoms with van der Waals surface area (Å²) in [7, 11) is 3.35. The second kappa shape index (κ2) is 8.68. The highest BCUT2D eigenvalue weighted by molar-refractivity contribution is 6.26. The van der Waals surface area contributed by atoms with E-state index in [0.717, 1.165) is 12.8 Å². The Hall–Kier alpha value is -2.69. The smallest absolute Gasteiger partial charge is 0.404 e. The zero-order chi connectivity index (χ0) is 23.2. The highest BCUT2D eigenvalue weighted by Gasteiger charge is 2.45. The molecule has 0 bridgehead atoms. The molecule has 0 unspecified atom stereocenters. The molecule has 1 aliphatic heterocycles. The average Bonchev–Trinajstić information content (AvgIpc) is 3.28. The van der Waals surface area contributed by atoms with Crippen LogP contribution in [0.15, 0.2) is 11.3 Å². The fourth-order valence-electron chi connectivity index (χ4n) is 5.20. The van der Waals surface area contributed by atoms with Gasteiger partial charge in [-0.2, -0.15) is 0 Å². The Morgan fingerprint density at radius 3 is 2.56 bits per heavy atom. The maximum Gasteiger partial charge on any atom is 0.404 e. The lowest BCUT2D eigenvalue weighted by Gasteiger charge is -2.31. The van der Waals surface area contributed by atoms with Crippen molar-refractivity contribution in [3.63, 3.8) is 0 Å². The number of hydrogen-bond donors (Lipinski definition) is 4. The van der Waals surface area contributed by atoms with Crippen LogP contribution in [0.4, 0.5) is 4.79 Å². The lowest BCUT2D eigenvalue weighted by molar-refractivity contribution is 0.0782. The van der Waals surface area contributed by atoms with Crippen LogP contribution in [0.5, 0.6) is 0 Å². The number of aromatic nitrogens is 1. The van der Waals surface area contributed by atoms with Crippen molar-refractivity contribution in [1.82, 2.24) is 15.2 Å². The molecule has 0 saturated heterocycles. The van der Waals surface area contributed by atoms with Gasteiger partial charge in [0, 0.05) is 24.8 Å². The van der Waals surface area contributed by atoms with E-state index >= 15 is 0 Å². The highest BCUT2D eigenvalue weighted by Crippen LogP contribution is 2.41. The summed E-state index contributed by atoms with van der Waals surface area (Å²) in [5.41, 5.74) is 7.24. The number of fused-ring (bicyclic) bond motifs is 3. The van der Waals surface area contributed by atoms with Crippen LogP contribution in [-0.4, -0.2) is 59.7 Å². The number of likely N-dealkylation sites (N-methyl/N-ethyl adjacent to an activating group) is 1. The van der Waals surface area contributed by atoms with Crippen LogP contribution in [0.25, 0.3) is 0 Å². The molecule has 0 radical (unpaired) electrons. The number of aliphatic hydroxyl groups excluding tert-OH is 1. The van der Waals surface area contributed by atoms with Gasteiger partial charge >= 0.3 is 6.09 Å². The molecule has 2 aliphatic carbocycles. The van der Waals surface area contributed by atoms with Crippen molar-refractivity contribution in [2.75, 3.05) is 14.2 Å². The molecule has 1 aromatic heterocycles. The number of Topliss-reactive ketones (excluding diaryl/α,β-unsaturated/α-hetero) is 2. The highest BCUT2D eigenvalue weighted by atomic mass is 16.5. The third kappa shape index (κ3) is 3.52. The fourth-order valence-corrected chi connectivity index (χ4v) is 5.20. The number of rotatable bonds is 6. The molecule has 3 aliphatic rings. The molecule has 1 saturated carbocycles. The predicted octanol–water partition coefficient (Wildman–Crippen LogP) is 0.919. The molecule has 174 valence electrons. The first-order valence-corrected chi connectivity index (χ1v) is 10.9. The molecule has 1 amide bonds. The van der Waals surface area contributed by atoms with E-state index in [1.165, 1.54) is 0 Å². The van der Waals surface area contributed by atoms with Gasteiger partial charge in [-0.1, -0.05) is 12.8 Å². The summed E-state index contributed by atoms with van der Waals surface area (Å²) in [5, 5.41) is 16.7. The Kier molecular flexibility index (Phi) is 6.11. The second-order valence-electron chi connectivity index (χ2n) is 8.62. The first kappa shape index (κ1) is 22.5. The Bertz CT molecular complexity index is 997. The summed E-state index contributed by atoms with van der Waals surface area (Å²) in [6.45, 7) is 1.81. The van der Waals surface area contributed by atoms with Gasteiger partial charge in [0.1, 0.15) is 18.4 Å². The normalized spacial score (nSPS) is 27.4. The van der Waals surface area contributed by atoms with Gasteiger partial charge in [0.2, 0.25) is 11.6 Å². The Morgan fingerprint density at radius 2 is 1.94 bits per heavy atom. The van der Waals surface area contributed by atoms with Crippen molar-refractivity contribution < 1.29 is 29.0 Å². The fraction of sp³-hybridized carbons (Fsp3) is 0.591. The zero-order valence-corrected chi connectivity index (χ0v) is 18.6. The molecular formula is C22H30N4O6. The summed E-state index contributed by atoms with van der Waals surface area (Å²) >= 11 is 0. The number of hydrogen-bond acceptors (Lipinski definition) is 8. The number of amides is 1. The van der Waals surface area contributed by atoms with Gasteiger partial charge < -0.3 is 35.5 Å². The Balaban J connectivity index is 1.80. The number of aliphatic hydroxyl groups is 1. The van der Waals surface area contributed by atoms with Crippen molar-refractivity contribution in [1.29, 1.82) is 0 Å². The van der Waals surface area contributed by atoms with Crippen LogP contribution < -0.4 is 16.4 Å². The minimum absolute atomic E-state index is 0.114. The van der Waals surface area contributed by atoms with Gasteiger partial charge in [-0.3, -0.25) is 9.59 Å². The van der Waals surface area contributed by atoms with E-state index in [1.54, 1.807) is 25.6 Å². The molecule has 1 aromatic rings. The summed E-state index contributed by atoms with van der Waals surface area (Å²) < 4.78 is 12.5. The lowest BCUT2D eigenvalue weighted by Crippen LogP contribution is -2.45. The van der Waals surface area contributed by atoms with E-state index in [-0.39, 0.29) is 47.2 Å². The molecule has 4 atom stereocenters. The number of nitrogens with one attached hydrogen (secondary N) is 2. The second-order valence-corrected chi connectivity index (χ2v) is 8.62. The number of nitrogens with zero attached hydrogens (tertiary/aromatic N) is 1. The monoisotopic (exact) mass is 446 g/mol. The quantitative estimate of drug-likeness (QED) is 0.505. The largest absolute Gasteiger partial charge is 0.445 e. The third-order valence-electron chi connectivity index (χ3n) is 6.85. The van der Waals surface area contributed by atoms with Crippen LogP contribution >= 0.6 is 0 Å². The van der Waals surface area contributed by atoms with E-state index < -0.39 is 18.3 Å². The van der Waals surface area contributed by atoms with E-state index in [4.69, 9.17) is 15.2 Å². The van der Waals surface area contributed by atoms with E-state index in [0.29, 0.717) is 36.2 Å². The van der Waals surface area contributed by atoms with Crippen LogP contribution in [0.3, 0.4) is 0 Å². The minimum atomic E-state index is -0.971. The van der Waals surface area contributed by atoms with Crippen molar-refractivity contribution in [2.45, 2.75) is 70.1 Å². The van der Waals surface area contributed by atoms with Crippen molar-refractivity contribution in [3.05, 3.63) is 33.8 Å². The van der Waals surface area contributed by atoms with E-state index in [1.807, 2.05) is 0 Å². The standard InChI is InChI=1S/C22H30N4O6/c1-10-16(25-12-6-4-5-7-14(12)27)20(29)15-11(9-32-22(23)30)17-21(31-3)13(24-2)8-26(17)18(15)19(10)28/h12-14,21,24-25,27H,4-9H2,1-3H3,(H2,23,30)/t12-,13-,14-,21+/m0/s1. The molecule has 32 heavy (non-hydrogen) atoms. The summed E-state index contributed by atoms with van der Waals surface area (Å²) in [5.74, 6) is -0.624. The van der Waals surface area contributed by atoms with Crippen molar-refractivity contribution >= 4 is 17.7 Å². The maximum absolute atomic E-state index is 13.7. The number of ketones is 2. The molecule has 10 nitrogen and oxygen atoms in total. The molecule has 10 heteroatoms.